The molecule has 10 heteroatoms. The summed E-state index contributed by atoms with van der Waals surface area (Å²) in [5, 5.41) is 0. The lowest BCUT2D eigenvalue weighted by molar-refractivity contribution is -0.274. The van der Waals surface area contributed by atoms with Gasteiger partial charge < -0.3 is 24.0 Å². The Kier molecular flexibility index (Phi) is 6.35. The maximum Gasteiger partial charge on any atom is 0.573 e. The molecule has 7 nitrogen and oxygen atoms in total. The highest BCUT2D eigenvalue weighted by atomic mass is 19.4. The molecule has 1 aromatic rings. The summed E-state index contributed by atoms with van der Waals surface area (Å²) in [4.78, 5) is 28.2. The number of amides is 2. The van der Waals surface area contributed by atoms with Gasteiger partial charge in [0.25, 0.3) is 0 Å². The molecule has 0 radical (unpaired) electrons. The topological polar surface area (TPSA) is 68.3 Å². The van der Waals surface area contributed by atoms with Crippen LogP contribution in [0.5, 0.6) is 5.75 Å². The number of ketones is 1. The lowest BCUT2D eigenvalue weighted by Gasteiger charge is -2.49. The van der Waals surface area contributed by atoms with Crippen LogP contribution in [0.3, 0.4) is 0 Å². The molecular formula is C22H27F3N2O5. The zero-order valence-electron chi connectivity index (χ0n) is 18.1. The van der Waals surface area contributed by atoms with E-state index in [1.54, 1.807) is 22.8 Å². The second kappa shape index (κ2) is 8.90. The number of hydrogen-bond donors (Lipinski definition) is 0. The zero-order chi connectivity index (χ0) is 23.0. The molecule has 3 aliphatic heterocycles. The van der Waals surface area contributed by atoms with Crippen LogP contribution in [0.4, 0.5) is 18.0 Å². The molecular weight excluding hydrogens is 429 g/mol. The summed E-state index contributed by atoms with van der Waals surface area (Å²) in [6, 6.07) is 3.98. The Morgan fingerprint density at radius 2 is 2.06 bits per heavy atom. The van der Waals surface area contributed by atoms with Gasteiger partial charge in [0.15, 0.2) is 5.78 Å². The number of carbonyl (C=O) groups excluding carboxylic acids is 2. The number of ether oxygens (including phenoxy) is 3. The molecule has 0 bridgehead atoms. The number of carbonyl (C=O) groups is 2. The number of Topliss-reactive ketones (excluding diaryl/α,β-unsaturated/α-hetero) is 1. The van der Waals surface area contributed by atoms with Crippen molar-refractivity contribution in [1.82, 2.24) is 9.80 Å². The van der Waals surface area contributed by atoms with E-state index in [1.807, 2.05) is 6.92 Å². The van der Waals surface area contributed by atoms with Crippen molar-refractivity contribution in [2.45, 2.75) is 57.9 Å². The van der Waals surface area contributed by atoms with E-state index in [9.17, 15) is 22.8 Å². The Hall–Kier alpha value is -2.33. The number of aryl methyl sites for hydroxylation is 1. The minimum atomic E-state index is -4.73. The summed E-state index contributed by atoms with van der Waals surface area (Å²) in [5.41, 5.74) is 1.40. The van der Waals surface area contributed by atoms with Crippen molar-refractivity contribution in [2.75, 3.05) is 26.2 Å². The minimum Gasteiger partial charge on any atom is -0.406 e. The molecule has 3 aliphatic rings. The molecule has 176 valence electrons. The van der Waals surface area contributed by atoms with Gasteiger partial charge in [-0.2, -0.15) is 0 Å². The van der Waals surface area contributed by atoms with E-state index in [0.29, 0.717) is 31.6 Å². The molecule has 0 saturated carbocycles. The van der Waals surface area contributed by atoms with E-state index < -0.39 is 6.36 Å². The van der Waals surface area contributed by atoms with Crippen LogP contribution in [0.15, 0.2) is 18.2 Å². The minimum absolute atomic E-state index is 0.0535. The molecule has 4 atom stereocenters. The quantitative estimate of drug-likeness (QED) is 0.696. The molecule has 2 unspecified atom stereocenters. The first-order valence-electron chi connectivity index (χ1n) is 10.8. The summed E-state index contributed by atoms with van der Waals surface area (Å²) in [6.07, 6.45) is -3.63. The van der Waals surface area contributed by atoms with Gasteiger partial charge >= 0.3 is 12.4 Å². The molecule has 32 heavy (non-hydrogen) atoms. The largest absolute Gasteiger partial charge is 0.573 e. The number of benzene rings is 1. The number of rotatable bonds is 4. The second-order valence-corrected chi connectivity index (χ2v) is 8.75. The van der Waals surface area contributed by atoms with E-state index in [1.165, 1.54) is 12.1 Å². The van der Waals surface area contributed by atoms with Crippen molar-refractivity contribution in [2.24, 2.45) is 5.92 Å². The molecule has 0 spiro atoms. The lowest BCUT2D eigenvalue weighted by Crippen LogP contribution is -2.65. The van der Waals surface area contributed by atoms with Gasteiger partial charge in [0, 0.05) is 25.4 Å². The van der Waals surface area contributed by atoms with E-state index in [4.69, 9.17) is 9.47 Å². The number of likely N-dealkylation sites (tertiary alicyclic amines) is 2. The first-order valence-corrected chi connectivity index (χ1v) is 10.8. The first-order chi connectivity index (χ1) is 15.1. The van der Waals surface area contributed by atoms with Crippen LogP contribution >= 0.6 is 0 Å². The summed E-state index contributed by atoms with van der Waals surface area (Å²) < 4.78 is 52.5. The van der Waals surface area contributed by atoms with Crippen LogP contribution < -0.4 is 4.74 Å². The highest BCUT2D eigenvalue weighted by molar-refractivity contribution is 5.81. The van der Waals surface area contributed by atoms with Crippen LogP contribution in [0.1, 0.15) is 30.9 Å². The van der Waals surface area contributed by atoms with Crippen LogP contribution in [0, 0.1) is 12.8 Å². The van der Waals surface area contributed by atoms with Crippen molar-refractivity contribution in [3.8, 4) is 5.75 Å². The van der Waals surface area contributed by atoms with Gasteiger partial charge in [0.2, 0.25) is 0 Å². The average molecular weight is 456 g/mol. The van der Waals surface area contributed by atoms with Crippen molar-refractivity contribution in [1.29, 1.82) is 0 Å². The fourth-order valence-electron chi connectivity index (χ4n) is 4.58. The predicted molar refractivity (Wildman–Crippen MR) is 107 cm³/mol. The fraction of sp³-hybridized carbons (Fsp3) is 0.636. The normalized spacial score (nSPS) is 28.2. The van der Waals surface area contributed by atoms with Gasteiger partial charge in [-0.3, -0.25) is 4.79 Å². The smallest absolute Gasteiger partial charge is 0.406 e. The van der Waals surface area contributed by atoms with Gasteiger partial charge in [-0.15, -0.1) is 13.2 Å². The summed E-state index contributed by atoms with van der Waals surface area (Å²) in [6.45, 7) is 5.61. The van der Waals surface area contributed by atoms with Gasteiger partial charge in [0.1, 0.15) is 12.4 Å². The second-order valence-electron chi connectivity index (χ2n) is 8.75. The third kappa shape index (κ3) is 5.01. The van der Waals surface area contributed by atoms with Crippen LogP contribution in [0.2, 0.25) is 0 Å². The summed E-state index contributed by atoms with van der Waals surface area (Å²) in [5.74, 6) is -0.120. The fourth-order valence-corrected chi connectivity index (χ4v) is 4.58. The first kappa shape index (κ1) is 22.8. The number of halogens is 3. The lowest BCUT2D eigenvalue weighted by atomic mass is 9.88. The van der Waals surface area contributed by atoms with Crippen molar-refractivity contribution in [3.63, 3.8) is 0 Å². The van der Waals surface area contributed by atoms with E-state index in [-0.39, 0.29) is 54.9 Å². The molecule has 4 rings (SSSR count). The maximum absolute atomic E-state index is 12.9. The third-order valence-corrected chi connectivity index (χ3v) is 6.54. The molecule has 0 aromatic heterocycles. The number of urea groups is 1. The van der Waals surface area contributed by atoms with Crippen molar-refractivity contribution >= 4 is 11.8 Å². The maximum atomic E-state index is 12.9. The van der Waals surface area contributed by atoms with Gasteiger partial charge in [0.05, 0.1) is 31.4 Å². The third-order valence-electron chi connectivity index (χ3n) is 6.54. The Balaban J connectivity index is 1.26. The van der Waals surface area contributed by atoms with Gasteiger partial charge in [-0.25, -0.2) is 4.79 Å². The van der Waals surface area contributed by atoms with Crippen LogP contribution in [-0.2, 0) is 20.9 Å². The number of nitrogens with zero attached hydrogens (tertiary/aromatic N) is 2. The standard InChI is InChI=1S/C22H27F3N2O5/c1-13-7-18(32-22(23,24)25)4-3-15(13)11-30-20-10-27(14(20)2)21(29)26-6-5-19-16(9-26)8-17(28)12-31-19/h3-4,7,14,16,19-20H,5-6,8-12H2,1-2H3/t14?,16-,19+,20?/m1/s1. The van der Waals surface area contributed by atoms with Crippen LogP contribution in [-0.4, -0.2) is 72.5 Å². The Morgan fingerprint density at radius 3 is 2.75 bits per heavy atom. The molecule has 0 N–H and O–H groups in total. The number of hydrogen-bond acceptors (Lipinski definition) is 5. The Bertz CT molecular complexity index is 878. The van der Waals surface area contributed by atoms with E-state index in [0.717, 1.165) is 12.0 Å². The van der Waals surface area contributed by atoms with E-state index in [2.05, 4.69) is 4.74 Å². The summed E-state index contributed by atoms with van der Waals surface area (Å²) >= 11 is 0. The van der Waals surface area contributed by atoms with Gasteiger partial charge in [-0.05, 0) is 43.5 Å². The highest BCUT2D eigenvalue weighted by Crippen LogP contribution is 2.31. The molecule has 2 amide bonds. The number of fused-ring (bicyclic) bond motifs is 1. The van der Waals surface area contributed by atoms with Crippen LogP contribution in [0.25, 0.3) is 0 Å². The monoisotopic (exact) mass is 456 g/mol. The molecule has 0 aliphatic carbocycles. The van der Waals surface area contributed by atoms with E-state index >= 15 is 0 Å². The molecule has 3 fully saturated rings. The number of alkyl halides is 3. The van der Waals surface area contributed by atoms with Crippen molar-refractivity contribution in [3.05, 3.63) is 29.3 Å². The average Bonchev–Trinajstić information content (AvgIpc) is 2.72. The molecule has 1 aromatic carbocycles. The Morgan fingerprint density at radius 1 is 1.28 bits per heavy atom. The van der Waals surface area contributed by atoms with Crippen molar-refractivity contribution < 1.29 is 37.0 Å². The SMILES string of the molecule is Cc1cc(OC(F)(F)F)ccc1COC1CN(C(=O)N2CC[C@@H]3OCC(=O)C[C@@H]3C2)C1C. The molecule has 3 saturated heterocycles. The summed E-state index contributed by atoms with van der Waals surface area (Å²) in [7, 11) is 0. The predicted octanol–water partition coefficient (Wildman–Crippen LogP) is 3.28. The van der Waals surface area contributed by atoms with Gasteiger partial charge in [-0.1, -0.05) is 6.07 Å². The molecule has 3 heterocycles. The zero-order valence-corrected chi connectivity index (χ0v) is 18.1. The Labute approximate surface area is 184 Å². The number of piperidine rings is 1. The highest BCUT2D eigenvalue weighted by Gasteiger charge is 2.44.